The molecule has 0 radical (unpaired) electrons. The number of hydrogen-bond donors (Lipinski definition) is 1. The van der Waals surface area contributed by atoms with E-state index in [0.717, 1.165) is 43.7 Å². The number of para-hydroxylation sites is 2. The highest BCUT2D eigenvalue weighted by atomic mass is 28.3. The van der Waals surface area contributed by atoms with Crippen LogP contribution in [0, 0.1) is 0 Å². The van der Waals surface area contributed by atoms with Crippen LogP contribution in [0.25, 0.3) is 0 Å². The highest BCUT2D eigenvalue weighted by molar-refractivity contribution is 6.77. The van der Waals surface area contributed by atoms with Gasteiger partial charge in [-0.3, -0.25) is 14.4 Å². The lowest BCUT2D eigenvalue weighted by Crippen LogP contribution is -2.32. The molecule has 2 rings (SSSR count). The minimum Gasteiger partial charge on any atom is -0.356 e. The van der Waals surface area contributed by atoms with E-state index in [0.29, 0.717) is 0 Å². The lowest BCUT2D eigenvalue weighted by atomic mass is 10.2. The third kappa shape index (κ3) is 53.3. The van der Waals surface area contributed by atoms with E-state index in [1.807, 2.05) is 65.6 Å². The monoisotopic (exact) mass is 874 g/mol. The van der Waals surface area contributed by atoms with Crippen molar-refractivity contribution in [3.05, 3.63) is 60.7 Å². The number of hydrogen-bond acceptors (Lipinski definition) is 3. The molecule has 0 unspecified atom stereocenters. The number of benzene rings is 2. The maximum atomic E-state index is 11.8. The maximum absolute atomic E-state index is 11.8. The largest absolute Gasteiger partial charge is 0.356 e. The van der Waals surface area contributed by atoms with Crippen molar-refractivity contribution in [1.29, 1.82) is 0 Å². The molecule has 0 aromatic heterocycles. The molecule has 0 fully saturated rings. The van der Waals surface area contributed by atoms with E-state index < -0.39 is 16.1 Å². The number of anilines is 2. The molecule has 0 aliphatic heterocycles. The second kappa shape index (κ2) is 47.3. The number of rotatable bonds is 19. The number of nitrogens with one attached hydrogen (secondary N) is 1. The highest BCUT2D eigenvalue weighted by Gasteiger charge is 2.20. The molecular formula is C52H103N3O3Si2. The normalized spacial score (nSPS) is 9.97. The quantitative estimate of drug-likeness (QED) is 0.113. The Morgan fingerprint density at radius 3 is 1.18 bits per heavy atom. The maximum Gasteiger partial charge on any atom is 0.223 e. The Bertz CT molecular complexity index is 1180. The minimum atomic E-state index is -1.04. The van der Waals surface area contributed by atoms with E-state index in [-0.39, 0.29) is 17.7 Å². The molecule has 0 aliphatic rings. The number of carbonyl (C=O) groups is 3. The van der Waals surface area contributed by atoms with E-state index in [1.54, 1.807) is 25.8 Å². The zero-order valence-electron chi connectivity index (χ0n) is 43.3. The summed E-state index contributed by atoms with van der Waals surface area (Å²) in [6, 6.07) is 23.7. The molecule has 0 saturated carbocycles. The van der Waals surface area contributed by atoms with Gasteiger partial charge in [-0.2, -0.15) is 0 Å². The van der Waals surface area contributed by atoms with Gasteiger partial charge in [0, 0.05) is 68.4 Å². The Balaban J connectivity index is -0.000000212. The van der Waals surface area contributed by atoms with Crippen molar-refractivity contribution in [3.63, 3.8) is 0 Å². The van der Waals surface area contributed by atoms with Crippen molar-refractivity contribution in [2.45, 2.75) is 224 Å². The number of amides is 3. The third-order valence-electron chi connectivity index (χ3n) is 9.29. The molecule has 60 heavy (non-hydrogen) atoms. The smallest absolute Gasteiger partial charge is 0.223 e. The first-order valence-corrected chi connectivity index (χ1v) is 31.2. The summed E-state index contributed by atoms with van der Waals surface area (Å²) in [6.07, 6.45) is 18.2. The van der Waals surface area contributed by atoms with Gasteiger partial charge in [0.05, 0.1) is 0 Å². The van der Waals surface area contributed by atoms with E-state index >= 15 is 0 Å². The van der Waals surface area contributed by atoms with Gasteiger partial charge < -0.3 is 15.1 Å². The van der Waals surface area contributed by atoms with Crippen LogP contribution in [0.4, 0.5) is 11.4 Å². The molecule has 0 spiro atoms. The predicted octanol–water partition coefficient (Wildman–Crippen LogP) is 16.5. The fourth-order valence-corrected chi connectivity index (χ4v) is 9.69. The SMILES string of the molecule is CC(=O)N(C)c1ccccc1.CCCC.CCCCC.CCCCCC.CCCCNC(C)=O.CCC[Si](C)(C)C.CCC[Si](C)(C)CCCN(C(C)=O)c1ccccc1. The molecule has 1 N–H and O–H groups in total. The van der Waals surface area contributed by atoms with Crippen molar-refractivity contribution in [2.24, 2.45) is 0 Å². The van der Waals surface area contributed by atoms with Crippen molar-refractivity contribution >= 4 is 45.2 Å². The van der Waals surface area contributed by atoms with Gasteiger partial charge in [0.15, 0.2) is 0 Å². The van der Waals surface area contributed by atoms with Crippen LogP contribution in [0.2, 0.25) is 50.9 Å². The van der Waals surface area contributed by atoms with Gasteiger partial charge in [-0.15, -0.1) is 0 Å². The summed E-state index contributed by atoms with van der Waals surface area (Å²) in [6.45, 7) is 38.4. The second-order valence-corrected chi connectivity index (χ2v) is 28.6. The highest BCUT2D eigenvalue weighted by Crippen LogP contribution is 2.21. The average molecular weight is 875 g/mol. The Morgan fingerprint density at radius 1 is 0.483 bits per heavy atom. The Morgan fingerprint density at radius 2 is 0.900 bits per heavy atom. The second-order valence-electron chi connectivity index (χ2n) is 17.6. The van der Waals surface area contributed by atoms with Crippen LogP contribution in [0.5, 0.6) is 0 Å². The first kappa shape index (κ1) is 66.4. The fraction of sp³-hybridized carbons (Fsp3) is 0.712. The van der Waals surface area contributed by atoms with Gasteiger partial charge in [-0.05, 0) is 37.1 Å². The molecule has 2 aromatic rings. The summed E-state index contributed by atoms with van der Waals surface area (Å²) in [5.74, 6) is 0.260. The van der Waals surface area contributed by atoms with Gasteiger partial charge in [-0.25, -0.2) is 0 Å². The first-order valence-electron chi connectivity index (χ1n) is 24.1. The molecule has 0 bridgehead atoms. The van der Waals surface area contributed by atoms with Crippen LogP contribution in [0.1, 0.15) is 173 Å². The molecule has 6 nitrogen and oxygen atoms in total. The summed E-state index contributed by atoms with van der Waals surface area (Å²) < 4.78 is 0. The molecule has 0 aliphatic carbocycles. The van der Waals surface area contributed by atoms with Gasteiger partial charge >= 0.3 is 0 Å². The summed E-state index contributed by atoms with van der Waals surface area (Å²) in [7, 11) is 0.0605. The van der Waals surface area contributed by atoms with Crippen LogP contribution in [-0.2, 0) is 14.4 Å². The molecule has 0 saturated heterocycles. The molecule has 352 valence electrons. The van der Waals surface area contributed by atoms with Crippen LogP contribution in [0.3, 0.4) is 0 Å². The lowest BCUT2D eigenvalue weighted by molar-refractivity contribution is -0.119. The molecule has 0 heterocycles. The zero-order valence-corrected chi connectivity index (χ0v) is 45.3. The predicted molar refractivity (Wildman–Crippen MR) is 280 cm³/mol. The van der Waals surface area contributed by atoms with Crippen molar-refractivity contribution < 1.29 is 14.4 Å². The average Bonchev–Trinajstić information content (AvgIpc) is 3.20. The molecule has 0 atom stereocenters. The van der Waals surface area contributed by atoms with Gasteiger partial charge in [0.1, 0.15) is 0 Å². The summed E-state index contributed by atoms with van der Waals surface area (Å²) in [5.41, 5.74) is 1.95. The molecular weight excluding hydrogens is 771 g/mol. The van der Waals surface area contributed by atoms with Crippen molar-refractivity contribution in [2.75, 3.05) is 29.9 Å². The van der Waals surface area contributed by atoms with Crippen molar-refractivity contribution in [3.8, 4) is 0 Å². The summed E-state index contributed by atoms with van der Waals surface area (Å²) >= 11 is 0. The number of carbonyl (C=O) groups excluding carboxylic acids is 3. The van der Waals surface area contributed by atoms with E-state index in [1.165, 1.54) is 95.7 Å². The Hall–Kier alpha value is -2.72. The van der Waals surface area contributed by atoms with E-state index in [9.17, 15) is 14.4 Å². The number of unbranched alkanes of at least 4 members (excludes halogenated alkanes) is 7. The summed E-state index contributed by atoms with van der Waals surface area (Å²) in [5, 5.41) is 2.71. The van der Waals surface area contributed by atoms with Gasteiger partial charge in [-0.1, -0.05) is 227 Å². The third-order valence-corrected chi connectivity index (χ3v) is 14.9. The van der Waals surface area contributed by atoms with E-state index in [4.69, 9.17) is 0 Å². The van der Waals surface area contributed by atoms with Gasteiger partial charge in [0.2, 0.25) is 17.7 Å². The Labute approximate surface area is 377 Å². The van der Waals surface area contributed by atoms with Crippen LogP contribution < -0.4 is 15.1 Å². The zero-order chi connectivity index (χ0) is 47.3. The van der Waals surface area contributed by atoms with Crippen molar-refractivity contribution in [1.82, 2.24) is 5.32 Å². The topological polar surface area (TPSA) is 69.7 Å². The molecule has 2 aromatic carbocycles. The summed E-state index contributed by atoms with van der Waals surface area (Å²) in [4.78, 5) is 36.4. The minimum absolute atomic E-state index is 0.0520. The standard InChI is InChI=1S/C16H27NOSi.C9H11NO.C6H13NO.C6H16Si.C6H14.C5H12.C4H10/c1-5-13-19(3,4)14-9-12-17(15(2)18)16-10-7-6-8-11-16;1-8(11)10(2)9-6-4-3-5-7-9;1-3-4-5-7-6(2)8;1-5-6-7(2,3)4;1-3-5-6-4-2;1-3-5-4-2;1-3-4-2/h6-8,10-11H,5,9,12-14H2,1-4H3;3-7H,1-2H3;3-5H2,1-2H3,(H,7,8);5-6H2,1-4H3;3-6H2,1-2H3;3-5H2,1-2H3;3-4H2,1-2H3. The van der Waals surface area contributed by atoms with Crippen LogP contribution in [0.15, 0.2) is 60.7 Å². The molecule has 8 heteroatoms. The molecule has 3 amide bonds. The van der Waals surface area contributed by atoms with Crippen LogP contribution in [-0.4, -0.2) is 54.0 Å². The first-order chi connectivity index (χ1) is 28.2. The fourth-order valence-electron chi connectivity index (χ4n) is 5.47. The number of nitrogens with zero attached hydrogens (tertiary/aromatic N) is 2. The Kier molecular flexibility index (Phi) is 52.4. The van der Waals surface area contributed by atoms with Gasteiger partial charge in [0.25, 0.3) is 0 Å². The lowest BCUT2D eigenvalue weighted by Gasteiger charge is -2.25. The van der Waals surface area contributed by atoms with Crippen LogP contribution >= 0.6 is 0 Å². The van der Waals surface area contributed by atoms with E-state index in [2.05, 4.69) is 100 Å².